The van der Waals surface area contributed by atoms with Gasteiger partial charge >= 0.3 is 0 Å². The Bertz CT molecular complexity index is 338. The van der Waals surface area contributed by atoms with Gasteiger partial charge < -0.3 is 10.2 Å². The molecule has 2 heterocycles. The van der Waals surface area contributed by atoms with Crippen molar-refractivity contribution in [2.45, 2.75) is 19.9 Å². The van der Waals surface area contributed by atoms with Gasteiger partial charge in [-0.05, 0) is 50.5 Å². The third kappa shape index (κ3) is 3.29. The number of pyridine rings is 1. The molecule has 0 bridgehead atoms. The fourth-order valence-corrected chi connectivity index (χ4v) is 2.33. The molecule has 1 aliphatic heterocycles. The van der Waals surface area contributed by atoms with E-state index in [-0.39, 0.29) is 0 Å². The van der Waals surface area contributed by atoms with E-state index in [2.05, 4.69) is 35.2 Å². The second-order valence-electron chi connectivity index (χ2n) is 4.92. The number of likely N-dealkylation sites (tertiary alicyclic amines) is 1. The van der Waals surface area contributed by atoms with Crippen molar-refractivity contribution in [1.82, 2.24) is 15.2 Å². The van der Waals surface area contributed by atoms with E-state index in [9.17, 15) is 0 Å². The van der Waals surface area contributed by atoms with Gasteiger partial charge in [0.25, 0.3) is 0 Å². The Labute approximate surface area is 97.9 Å². The van der Waals surface area contributed by atoms with E-state index in [0.29, 0.717) is 0 Å². The summed E-state index contributed by atoms with van der Waals surface area (Å²) in [6.45, 7) is 6.63. The summed E-state index contributed by atoms with van der Waals surface area (Å²) in [5.41, 5.74) is 2.52. The molecule has 16 heavy (non-hydrogen) atoms. The molecule has 1 unspecified atom stereocenters. The smallest absolute Gasteiger partial charge is 0.0313 e. The van der Waals surface area contributed by atoms with Crippen molar-refractivity contribution in [1.29, 1.82) is 0 Å². The molecule has 1 aromatic rings. The number of nitrogens with one attached hydrogen (secondary N) is 1. The highest BCUT2D eigenvalue weighted by molar-refractivity contribution is 5.16. The van der Waals surface area contributed by atoms with Crippen LogP contribution < -0.4 is 5.32 Å². The number of rotatable bonds is 4. The molecule has 88 valence electrons. The summed E-state index contributed by atoms with van der Waals surface area (Å²) in [6, 6.07) is 2.20. The van der Waals surface area contributed by atoms with Crippen molar-refractivity contribution in [3.63, 3.8) is 0 Å². The summed E-state index contributed by atoms with van der Waals surface area (Å²) in [7, 11) is 2.20. The van der Waals surface area contributed by atoms with Crippen molar-refractivity contribution in [3.8, 4) is 0 Å². The molecule has 0 aliphatic carbocycles. The zero-order valence-corrected chi connectivity index (χ0v) is 10.2. The van der Waals surface area contributed by atoms with Crippen molar-refractivity contribution in [3.05, 3.63) is 29.6 Å². The highest BCUT2D eigenvalue weighted by Gasteiger charge is 2.18. The summed E-state index contributed by atoms with van der Waals surface area (Å²) < 4.78 is 0. The first kappa shape index (κ1) is 11.6. The maximum atomic E-state index is 4.20. The van der Waals surface area contributed by atoms with Gasteiger partial charge in [-0.15, -0.1) is 0 Å². The summed E-state index contributed by atoms with van der Waals surface area (Å²) in [6.07, 6.45) is 5.17. The van der Waals surface area contributed by atoms with E-state index >= 15 is 0 Å². The number of hydrogen-bond acceptors (Lipinski definition) is 3. The molecule has 0 radical (unpaired) electrons. The summed E-state index contributed by atoms with van der Waals surface area (Å²) in [5.74, 6) is 0.822. The topological polar surface area (TPSA) is 28.2 Å². The molecule has 0 spiro atoms. The quantitative estimate of drug-likeness (QED) is 0.830. The molecule has 0 saturated carbocycles. The Balaban J connectivity index is 1.72. The highest BCUT2D eigenvalue weighted by atomic mass is 15.1. The Morgan fingerprint density at radius 2 is 2.38 bits per heavy atom. The maximum absolute atomic E-state index is 4.20. The minimum Gasteiger partial charge on any atom is -0.312 e. The maximum Gasteiger partial charge on any atom is 0.0313 e. The first-order chi connectivity index (χ1) is 7.74. The SMILES string of the molecule is Cc1cncc(CNCC2CCN(C)C2)c1. The average Bonchev–Trinajstić information content (AvgIpc) is 2.64. The van der Waals surface area contributed by atoms with E-state index in [1.165, 1.54) is 30.6 Å². The van der Waals surface area contributed by atoms with Gasteiger partial charge in [0.1, 0.15) is 0 Å². The first-order valence-corrected chi connectivity index (χ1v) is 6.04. The predicted molar refractivity (Wildman–Crippen MR) is 66.3 cm³/mol. The largest absolute Gasteiger partial charge is 0.312 e. The van der Waals surface area contributed by atoms with E-state index in [1.807, 2.05) is 12.4 Å². The molecule has 1 N–H and O–H groups in total. The van der Waals surface area contributed by atoms with Crippen LogP contribution in [0.2, 0.25) is 0 Å². The van der Waals surface area contributed by atoms with Crippen LogP contribution >= 0.6 is 0 Å². The van der Waals surface area contributed by atoms with E-state index < -0.39 is 0 Å². The van der Waals surface area contributed by atoms with Gasteiger partial charge in [-0.3, -0.25) is 4.98 Å². The van der Waals surface area contributed by atoms with Gasteiger partial charge in [0.2, 0.25) is 0 Å². The van der Waals surface area contributed by atoms with Gasteiger partial charge in [-0.1, -0.05) is 6.07 Å². The van der Waals surface area contributed by atoms with Crippen molar-refractivity contribution in [2.75, 3.05) is 26.7 Å². The second-order valence-corrected chi connectivity index (χ2v) is 4.92. The second kappa shape index (κ2) is 5.41. The lowest BCUT2D eigenvalue weighted by Gasteiger charge is -2.11. The van der Waals surface area contributed by atoms with Crippen LogP contribution in [0.5, 0.6) is 0 Å². The Morgan fingerprint density at radius 1 is 1.50 bits per heavy atom. The molecule has 0 aromatic carbocycles. The number of nitrogens with zero attached hydrogens (tertiary/aromatic N) is 2. The number of hydrogen-bond donors (Lipinski definition) is 1. The van der Waals surface area contributed by atoms with Crippen LogP contribution in [0.15, 0.2) is 18.5 Å². The molecule has 2 rings (SSSR count). The third-order valence-electron chi connectivity index (χ3n) is 3.18. The van der Waals surface area contributed by atoms with Crippen LogP contribution in [0.4, 0.5) is 0 Å². The Morgan fingerprint density at radius 3 is 3.06 bits per heavy atom. The summed E-state index contributed by atoms with van der Waals surface area (Å²) >= 11 is 0. The monoisotopic (exact) mass is 219 g/mol. The van der Waals surface area contributed by atoms with Crippen LogP contribution in [-0.4, -0.2) is 36.6 Å². The third-order valence-corrected chi connectivity index (χ3v) is 3.18. The Kier molecular flexibility index (Phi) is 3.91. The van der Waals surface area contributed by atoms with E-state index in [4.69, 9.17) is 0 Å². The molecular formula is C13H21N3. The summed E-state index contributed by atoms with van der Waals surface area (Å²) in [5, 5.41) is 3.52. The van der Waals surface area contributed by atoms with Gasteiger partial charge in [-0.25, -0.2) is 0 Å². The molecule has 3 heteroatoms. The van der Waals surface area contributed by atoms with Crippen LogP contribution in [-0.2, 0) is 6.54 Å². The van der Waals surface area contributed by atoms with Gasteiger partial charge in [0, 0.05) is 25.5 Å². The van der Waals surface area contributed by atoms with Crippen LogP contribution in [0.25, 0.3) is 0 Å². The first-order valence-electron chi connectivity index (χ1n) is 6.04. The standard InChI is InChI=1S/C13H21N3/c1-11-5-13(8-14-6-11)9-15-7-12-3-4-16(2)10-12/h5-6,8,12,15H,3-4,7,9-10H2,1-2H3. The van der Waals surface area contributed by atoms with Gasteiger partial charge in [0.15, 0.2) is 0 Å². The zero-order valence-electron chi connectivity index (χ0n) is 10.2. The van der Waals surface area contributed by atoms with Crippen molar-refractivity contribution >= 4 is 0 Å². The Hall–Kier alpha value is -0.930. The van der Waals surface area contributed by atoms with Gasteiger partial charge in [0.05, 0.1) is 0 Å². The van der Waals surface area contributed by atoms with E-state index in [0.717, 1.165) is 19.0 Å². The predicted octanol–water partition coefficient (Wildman–Crippen LogP) is 1.43. The lowest BCUT2D eigenvalue weighted by Crippen LogP contribution is -2.24. The molecule has 3 nitrogen and oxygen atoms in total. The van der Waals surface area contributed by atoms with Crippen LogP contribution in [0.1, 0.15) is 17.5 Å². The molecule has 1 aromatic heterocycles. The molecule has 0 amide bonds. The lowest BCUT2D eigenvalue weighted by atomic mass is 10.1. The van der Waals surface area contributed by atoms with Crippen molar-refractivity contribution < 1.29 is 0 Å². The highest BCUT2D eigenvalue weighted by Crippen LogP contribution is 2.13. The summed E-state index contributed by atoms with van der Waals surface area (Å²) in [4.78, 5) is 6.60. The molecular weight excluding hydrogens is 198 g/mol. The minimum atomic E-state index is 0.822. The zero-order chi connectivity index (χ0) is 11.4. The molecule has 1 fully saturated rings. The fourth-order valence-electron chi connectivity index (χ4n) is 2.33. The van der Waals surface area contributed by atoms with E-state index in [1.54, 1.807) is 0 Å². The average molecular weight is 219 g/mol. The lowest BCUT2D eigenvalue weighted by molar-refractivity contribution is 0.388. The fraction of sp³-hybridized carbons (Fsp3) is 0.615. The number of aryl methyl sites for hydroxylation is 1. The molecule has 1 aliphatic rings. The van der Waals surface area contributed by atoms with Crippen LogP contribution in [0, 0.1) is 12.8 Å². The van der Waals surface area contributed by atoms with Crippen molar-refractivity contribution in [2.24, 2.45) is 5.92 Å². The van der Waals surface area contributed by atoms with Gasteiger partial charge in [-0.2, -0.15) is 0 Å². The molecule has 1 atom stereocenters. The minimum absolute atomic E-state index is 0.822. The molecule has 1 saturated heterocycles. The van der Waals surface area contributed by atoms with Crippen LogP contribution in [0.3, 0.4) is 0 Å². The number of aromatic nitrogens is 1. The normalized spacial score (nSPS) is 21.5.